The number of aromatic nitrogens is 2. The maximum atomic E-state index is 12.6. The van der Waals surface area contributed by atoms with E-state index < -0.39 is 0 Å². The number of nitrogens with one attached hydrogen (secondary N) is 1. The normalized spacial score (nSPS) is 12.1. The molecule has 0 unspecified atom stereocenters. The van der Waals surface area contributed by atoms with Crippen molar-refractivity contribution in [2.75, 3.05) is 32.7 Å². The Hall–Kier alpha value is -2.02. The molecule has 0 aromatic carbocycles. The van der Waals surface area contributed by atoms with E-state index in [1.54, 1.807) is 11.1 Å². The van der Waals surface area contributed by atoms with Crippen LogP contribution in [-0.4, -0.2) is 70.3 Å². The molecule has 2 amide bonds. The zero-order valence-electron chi connectivity index (χ0n) is 18.2. The van der Waals surface area contributed by atoms with Crippen LogP contribution in [0.5, 0.6) is 0 Å². The lowest BCUT2D eigenvalue weighted by molar-refractivity contribution is -0.121. The average Bonchev–Trinajstić information content (AvgIpc) is 2.68. The lowest BCUT2D eigenvalue weighted by Crippen LogP contribution is -2.38. The molecule has 0 aliphatic carbocycles. The fraction of sp³-hybridized carbons (Fsp3) is 0.714. The van der Waals surface area contributed by atoms with Gasteiger partial charge in [0.2, 0.25) is 5.91 Å². The predicted molar refractivity (Wildman–Crippen MR) is 112 cm³/mol. The topological polar surface area (TPSA) is 78.4 Å². The monoisotopic (exact) mass is 391 g/mol. The van der Waals surface area contributed by atoms with Gasteiger partial charge in [-0.25, -0.2) is 4.98 Å². The van der Waals surface area contributed by atoms with Crippen LogP contribution < -0.4 is 5.32 Å². The van der Waals surface area contributed by atoms with Gasteiger partial charge in [-0.1, -0.05) is 20.8 Å². The molecular formula is C21H37N5O2. The van der Waals surface area contributed by atoms with Gasteiger partial charge < -0.3 is 15.1 Å². The Bertz CT molecular complexity index is 587. The third-order valence-corrected chi connectivity index (χ3v) is 4.80. The molecule has 0 spiro atoms. The summed E-state index contributed by atoms with van der Waals surface area (Å²) in [6, 6.07) is 0.140. The van der Waals surface area contributed by atoms with Crippen molar-refractivity contribution in [1.29, 1.82) is 0 Å². The third kappa shape index (κ3) is 8.78. The minimum atomic E-state index is -0.172. The van der Waals surface area contributed by atoms with E-state index >= 15 is 0 Å². The maximum absolute atomic E-state index is 12.6. The summed E-state index contributed by atoms with van der Waals surface area (Å²) in [6.45, 7) is 14.4. The SMILES string of the molecule is CCCN(CCC(=O)N[C@@H](C)CCCN(CC)CC)C(=O)c1cnc(C)cn1. The van der Waals surface area contributed by atoms with Gasteiger partial charge in [0.15, 0.2) is 0 Å². The van der Waals surface area contributed by atoms with Crippen LogP contribution in [0.1, 0.15) is 69.6 Å². The molecule has 0 saturated carbocycles. The van der Waals surface area contributed by atoms with Crippen molar-refractivity contribution in [3.05, 3.63) is 23.8 Å². The molecule has 1 aromatic heterocycles. The van der Waals surface area contributed by atoms with Crippen molar-refractivity contribution in [2.45, 2.75) is 66.3 Å². The Kier molecular flexibility index (Phi) is 11.3. The summed E-state index contributed by atoms with van der Waals surface area (Å²) < 4.78 is 0. The first-order valence-corrected chi connectivity index (χ1v) is 10.5. The van der Waals surface area contributed by atoms with Gasteiger partial charge in [0.1, 0.15) is 5.69 Å². The number of hydrogen-bond acceptors (Lipinski definition) is 5. The van der Waals surface area contributed by atoms with Crippen LogP contribution in [0, 0.1) is 6.92 Å². The molecule has 7 nitrogen and oxygen atoms in total. The molecule has 0 aliphatic heterocycles. The first-order valence-electron chi connectivity index (χ1n) is 10.5. The van der Waals surface area contributed by atoms with Gasteiger partial charge in [0.25, 0.3) is 5.91 Å². The van der Waals surface area contributed by atoms with E-state index in [4.69, 9.17) is 0 Å². The molecular weight excluding hydrogens is 354 g/mol. The van der Waals surface area contributed by atoms with E-state index in [0.717, 1.165) is 44.6 Å². The summed E-state index contributed by atoms with van der Waals surface area (Å²) in [4.78, 5) is 37.3. The van der Waals surface area contributed by atoms with Crippen molar-refractivity contribution >= 4 is 11.8 Å². The Labute approximate surface area is 169 Å². The molecule has 1 rings (SSSR count). The van der Waals surface area contributed by atoms with Crippen LogP contribution in [-0.2, 0) is 4.79 Å². The van der Waals surface area contributed by atoms with E-state index in [9.17, 15) is 9.59 Å². The van der Waals surface area contributed by atoms with Gasteiger partial charge in [-0.3, -0.25) is 14.6 Å². The Balaban J connectivity index is 2.44. The number of nitrogens with zero attached hydrogens (tertiary/aromatic N) is 4. The first kappa shape index (κ1) is 24.0. The molecule has 0 saturated heterocycles. The molecule has 1 heterocycles. The second-order valence-electron chi connectivity index (χ2n) is 7.22. The largest absolute Gasteiger partial charge is 0.354 e. The van der Waals surface area contributed by atoms with Crippen LogP contribution >= 0.6 is 0 Å². The number of hydrogen-bond donors (Lipinski definition) is 1. The first-order chi connectivity index (χ1) is 13.4. The standard InChI is InChI=1S/C21H37N5O2/c1-6-12-26(21(28)19-16-22-18(5)15-23-19)14-11-20(27)24-17(4)10-9-13-25(7-2)8-3/h15-17H,6-14H2,1-5H3,(H,24,27)/t17-/m0/s1. The van der Waals surface area contributed by atoms with E-state index in [-0.39, 0.29) is 17.9 Å². The fourth-order valence-electron chi connectivity index (χ4n) is 3.07. The van der Waals surface area contributed by atoms with Gasteiger partial charge in [-0.05, 0) is 52.7 Å². The number of carbonyl (C=O) groups excluding carboxylic acids is 2. The van der Waals surface area contributed by atoms with Crippen LogP contribution in [0.3, 0.4) is 0 Å². The highest BCUT2D eigenvalue weighted by Gasteiger charge is 2.18. The molecule has 1 atom stereocenters. The minimum Gasteiger partial charge on any atom is -0.354 e. The summed E-state index contributed by atoms with van der Waals surface area (Å²) in [6.07, 6.45) is 6.23. The Morgan fingerprint density at radius 1 is 1.07 bits per heavy atom. The smallest absolute Gasteiger partial charge is 0.274 e. The summed E-state index contributed by atoms with van der Waals surface area (Å²) in [7, 11) is 0. The minimum absolute atomic E-state index is 0.0146. The molecule has 0 radical (unpaired) electrons. The van der Waals surface area contributed by atoms with Gasteiger partial charge in [-0.15, -0.1) is 0 Å². The molecule has 0 aliphatic rings. The van der Waals surface area contributed by atoms with E-state index in [1.807, 2.05) is 20.8 Å². The summed E-state index contributed by atoms with van der Waals surface area (Å²) in [5.41, 5.74) is 1.09. The lowest BCUT2D eigenvalue weighted by Gasteiger charge is -2.22. The van der Waals surface area contributed by atoms with Gasteiger partial charge in [0, 0.05) is 31.7 Å². The van der Waals surface area contributed by atoms with E-state index in [2.05, 4.69) is 34.0 Å². The third-order valence-electron chi connectivity index (χ3n) is 4.80. The molecule has 0 fully saturated rings. The van der Waals surface area contributed by atoms with Crippen LogP contribution in [0.15, 0.2) is 12.4 Å². The maximum Gasteiger partial charge on any atom is 0.274 e. The Morgan fingerprint density at radius 3 is 2.36 bits per heavy atom. The highest BCUT2D eigenvalue weighted by molar-refractivity contribution is 5.92. The number of amides is 2. The number of carbonyl (C=O) groups is 2. The molecule has 1 aromatic rings. The van der Waals surface area contributed by atoms with Crippen molar-refractivity contribution < 1.29 is 9.59 Å². The summed E-state index contributed by atoms with van der Waals surface area (Å²) >= 11 is 0. The molecule has 1 N–H and O–H groups in total. The van der Waals surface area contributed by atoms with Crippen molar-refractivity contribution in [3.63, 3.8) is 0 Å². The lowest BCUT2D eigenvalue weighted by atomic mass is 10.1. The van der Waals surface area contributed by atoms with Gasteiger partial charge >= 0.3 is 0 Å². The van der Waals surface area contributed by atoms with Crippen LogP contribution in [0.4, 0.5) is 0 Å². The van der Waals surface area contributed by atoms with Gasteiger partial charge in [-0.2, -0.15) is 0 Å². The van der Waals surface area contributed by atoms with Crippen LogP contribution in [0.2, 0.25) is 0 Å². The number of rotatable bonds is 13. The predicted octanol–water partition coefficient (Wildman–Crippen LogP) is 2.65. The van der Waals surface area contributed by atoms with E-state index in [1.165, 1.54) is 6.20 Å². The zero-order chi connectivity index (χ0) is 20.9. The average molecular weight is 392 g/mol. The quantitative estimate of drug-likeness (QED) is 0.559. The molecule has 0 bridgehead atoms. The Morgan fingerprint density at radius 2 is 1.79 bits per heavy atom. The molecule has 158 valence electrons. The van der Waals surface area contributed by atoms with Crippen molar-refractivity contribution in [1.82, 2.24) is 25.1 Å². The highest BCUT2D eigenvalue weighted by Crippen LogP contribution is 2.05. The van der Waals surface area contributed by atoms with E-state index in [0.29, 0.717) is 25.2 Å². The fourth-order valence-corrected chi connectivity index (χ4v) is 3.07. The zero-order valence-corrected chi connectivity index (χ0v) is 18.2. The highest BCUT2D eigenvalue weighted by atomic mass is 16.2. The molecule has 7 heteroatoms. The number of aryl methyl sites for hydroxylation is 1. The second kappa shape index (κ2) is 13.2. The summed E-state index contributed by atoms with van der Waals surface area (Å²) in [5, 5.41) is 3.05. The van der Waals surface area contributed by atoms with Crippen molar-refractivity contribution in [3.8, 4) is 0 Å². The summed E-state index contributed by atoms with van der Waals surface area (Å²) in [5.74, 6) is -0.186. The van der Waals surface area contributed by atoms with Crippen molar-refractivity contribution in [2.24, 2.45) is 0 Å². The van der Waals surface area contributed by atoms with Crippen LogP contribution in [0.25, 0.3) is 0 Å². The second-order valence-corrected chi connectivity index (χ2v) is 7.22. The van der Waals surface area contributed by atoms with Gasteiger partial charge in [0.05, 0.1) is 11.9 Å². The molecule has 28 heavy (non-hydrogen) atoms.